The Kier molecular flexibility index (Phi) is 3.59. The van der Waals surface area contributed by atoms with Crippen LogP contribution >= 0.6 is 34.7 Å². The number of thiophene rings is 1. The van der Waals surface area contributed by atoms with Crippen molar-refractivity contribution < 1.29 is 0 Å². The maximum Gasteiger partial charge on any atom is 0.258 e. The Balaban J connectivity index is 1.93. The molecule has 3 aromatic rings. The van der Waals surface area contributed by atoms with Gasteiger partial charge in [0.2, 0.25) is 0 Å². The number of benzene rings is 1. The highest BCUT2D eigenvalue weighted by molar-refractivity contribution is 8.00. The van der Waals surface area contributed by atoms with Gasteiger partial charge in [-0.25, -0.2) is 4.98 Å². The molecule has 0 bridgehead atoms. The van der Waals surface area contributed by atoms with E-state index < -0.39 is 0 Å². The van der Waals surface area contributed by atoms with Gasteiger partial charge in [0.15, 0.2) is 0 Å². The van der Waals surface area contributed by atoms with Crippen LogP contribution in [0.1, 0.15) is 5.82 Å². The second-order valence-electron chi connectivity index (χ2n) is 3.89. The predicted octanol–water partition coefficient (Wildman–Crippen LogP) is 3.93. The van der Waals surface area contributed by atoms with E-state index in [1.54, 1.807) is 41.3 Å². The molecule has 2 heterocycles. The molecule has 0 saturated heterocycles. The van der Waals surface area contributed by atoms with Gasteiger partial charge in [0.25, 0.3) is 5.56 Å². The van der Waals surface area contributed by atoms with E-state index in [1.165, 1.54) is 4.21 Å². The highest BCUT2D eigenvalue weighted by Crippen LogP contribution is 2.26. The largest absolute Gasteiger partial charge is 0.309 e. The van der Waals surface area contributed by atoms with E-state index in [0.29, 0.717) is 27.5 Å². The van der Waals surface area contributed by atoms with Gasteiger partial charge in [-0.2, -0.15) is 0 Å². The average Bonchev–Trinajstić information content (AvgIpc) is 2.90. The Labute approximate surface area is 122 Å². The maximum atomic E-state index is 12.0. The van der Waals surface area contributed by atoms with Crippen molar-refractivity contribution in [1.29, 1.82) is 0 Å². The second-order valence-corrected chi connectivity index (χ2v) is 6.55. The summed E-state index contributed by atoms with van der Waals surface area (Å²) in [6.45, 7) is 0. The second kappa shape index (κ2) is 5.36. The van der Waals surface area contributed by atoms with Crippen LogP contribution in [0.4, 0.5) is 0 Å². The van der Waals surface area contributed by atoms with Crippen molar-refractivity contribution in [3.63, 3.8) is 0 Å². The molecule has 1 N–H and O–H groups in total. The minimum Gasteiger partial charge on any atom is -0.309 e. The zero-order chi connectivity index (χ0) is 13.2. The summed E-state index contributed by atoms with van der Waals surface area (Å²) in [6, 6.07) is 9.21. The Hall–Kier alpha value is -1.30. The number of H-pyrrole nitrogens is 1. The normalized spacial score (nSPS) is 11.0. The number of thioether (sulfide) groups is 1. The van der Waals surface area contributed by atoms with E-state index in [0.717, 1.165) is 0 Å². The fourth-order valence-corrected chi connectivity index (χ4v) is 3.54. The number of halogens is 1. The summed E-state index contributed by atoms with van der Waals surface area (Å²) in [5, 5.41) is 3.10. The Bertz CT molecular complexity index is 768. The molecule has 0 spiro atoms. The fourth-order valence-electron chi connectivity index (χ4n) is 1.71. The number of aromatic amines is 1. The zero-order valence-electron chi connectivity index (χ0n) is 9.72. The molecule has 2 aromatic heterocycles. The van der Waals surface area contributed by atoms with E-state index >= 15 is 0 Å². The van der Waals surface area contributed by atoms with Crippen LogP contribution in [-0.4, -0.2) is 9.97 Å². The number of hydrogen-bond donors (Lipinski definition) is 1. The zero-order valence-corrected chi connectivity index (χ0v) is 12.1. The van der Waals surface area contributed by atoms with Gasteiger partial charge in [-0.3, -0.25) is 4.79 Å². The lowest BCUT2D eigenvalue weighted by atomic mass is 10.2. The Morgan fingerprint density at radius 3 is 3.05 bits per heavy atom. The summed E-state index contributed by atoms with van der Waals surface area (Å²) in [5.74, 6) is 1.33. The molecule has 3 nitrogen and oxygen atoms in total. The van der Waals surface area contributed by atoms with Crippen molar-refractivity contribution >= 4 is 45.6 Å². The van der Waals surface area contributed by atoms with Crippen LogP contribution in [0.25, 0.3) is 10.9 Å². The van der Waals surface area contributed by atoms with E-state index in [2.05, 4.69) is 9.97 Å². The summed E-state index contributed by atoms with van der Waals surface area (Å²) < 4.78 is 1.21. The van der Waals surface area contributed by atoms with Crippen LogP contribution < -0.4 is 5.56 Å². The van der Waals surface area contributed by atoms with Gasteiger partial charge in [-0.05, 0) is 29.6 Å². The van der Waals surface area contributed by atoms with Crippen molar-refractivity contribution in [3.05, 3.63) is 56.9 Å². The van der Waals surface area contributed by atoms with Gasteiger partial charge in [0.1, 0.15) is 5.82 Å². The third-order valence-corrected chi connectivity index (χ3v) is 4.94. The predicted molar refractivity (Wildman–Crippen MR) is 81.3 cm³/mol. The standard InChI is InChI=1S/C13H9ClN2OS2/c14-8-3-4-10-9(6-8)13(17)16-11(15-10)7-19-12-2-1-5-18-12/h1-6H,7H2,(H,15,16,17). The summed E-state index contributed by atoms with van der Waals surface area (Å²) in [7, 11) is 0. The fraction of sp³-hybridized carbons (Fsp3) is 0.0769. The van der Waals surface area contributed by atoms with Crippen molar-refractivity contribution in [2.45, 2.75) is 9.96 Å². The third-order valence-electron chi connectivity index (χ3n) is 2.56. The lowest BCUT2D eigenvalue weighted by Crippen LogP contribution is -2.11. The van der Waals surface area contributed by atoms with Crippen LogP contribution in [0.15, 0.2) is 44.7 Å². The number of hydrogen-bond acceptors (Lipinski definition) is 4. The highest BCUT2D eigenvalue weighted by Gasteiger charge is 2.05. The van der Waals surface area contributed by atoms with E-state index in [1.807, 2.05) is 17.5 Å². The van der Waals surface area contributed by atoms with Gasteiger partial charge in [-0.1, -0.05) is 17.7 Å². The number of nitrogens with zero attached hydrogens (tertiary/aromatic N) is 1. The summed E-state index contributed by atoms with van der Waals surface area (Å²) in [4.78, 5) is 19.2. The smallest absolute Gasteiger partial charge is 0.258 e. The first-order valence-electron chi connectivity index (χ1n) is 5.57. The molecule has 0 unspecified atom stereocenters. The molecule has 96 valence electrons. The quantitative estimate of drug-likeness (QED) is 0.746. The molecule has 0 atom stereocenters. The molecular weight excluding hydrogens is 300 g/mol. The number of rotatable bonds is 3. The molecule has 3 rings (SSSR count). The third kappa shape index (κ3) is 2.83. The first-order valence-corrected chi connectivity index (χ1v) is 7.81. The molecular formula is C13H9ClN2OS2. The first-order chi connectivity index (χ1) is 9.22. The molecule has 0 aliphatic heterocycles. The molecule has 1 aromatic carbocycles. The Morgan fingerprint density at radius 1 is 1.37 bits per heavy atom. The van der Waals surface area contributed by atoms with Gasteiger partial charge < -0.3 is 4.98 Å². The molecule has 0 saturated carbocycles. The minimum absolute atomic E-state index is 0.144. The number of fused-ring (bicyclic) bond motifs is 1. The summed E-state index contributed by atoms with van der Waals surface area (Å²) in [6.07, 6.45) is 0. The minimum atomic E-state index is -0.144. The molecule has 0 fully saturated rings. The van der Waals surface area contributed by atoms with Crippen LogP contribution in [0.5, 0.6) is 0 Å². The molecule has 19 heavy (non-hydrogen) atoms. The van der Waals surface area contributed by atoms with Crippen molar-refractivity contribution in [2.75, 3.05) is 0 Å². The van der Waals surface area contributed by atoms with Crippen LogP contribution in [0.2, 0.25) is 5.02 Å². The van der Waals surface area contributed by atoms with Gasteiger partial charge in [0.05, 0.1) is 20.9 Å². The summed E-state index contributed by atoms with van der Waals surface area (Å²) >= 11 is 9.21. The number of nitrogens with one attached hydrogen (secondary N) is 1. The van der Waals surface area contributed by atoms with Crippen molar-refractivity contribution in [2.24, 2.45) is 0 Å². The van der Waals surface area contributed by atoms with E-state index in [9.17, 15) is 4.79 Å². The molecule has 0 amide bonds. The van der Waals surface area contributed by atoms with Crippen LogP contribution in [-0.2, 0) is 5.75 Å². The average molecular weight is 309 g/mol. The lowest BCUT2D eigenvalue weighted by Gasteiger charge is -2.02. The SMILES string of the molecule is O=c1[nH]c(CSc2cccs2)nc2ccc(Cl)cc12. The van der Waals surface area contributed by atoms with Gasteiger partial charge in [0, 0.05) is 5.02 Å². The monoisotopic (exact) mass is 308 g/mol. The Morgan fingerprint density at radius 2 is 2.26 bits per heavy atom. The van der Waals surface area contributed by atoms with E-state index in [-0.39, 0.29) is 5.56 Å². The maximum absolute atomic E-state index is 12.0. The van der Waals surface area contributed by atoms with Crippen molar-refractivity contribution in [3.8, 4) is 0 Å². The van der Waals surface area contributed by atoms with Gasteiger partial charge in [-0.15, -0.1) is 23.1 Å². The first kappa shape index (κ1) is 12.7. The highest BCUT2D eigenvalue weighted by atomic mass is 35.5. The van der Waals surface area contributed by atoms with Gasteiger partial charge >= 0.3 is 0 Å². The topological polar surface area (TPSA) is 45.8 Å². The summed E-state index contributed by atoms with van der Waals surface area (Å²) in [5.41, 5.74) is 0.532. The molecule has 6 heteroatoms. The number of aromatic nitrogens is 2. The van der Waals surface area contributed by atoms with Crippen LogP contribution in [0, 0.1) is 0 Å². The lowest BCUT2D eigenvalue weighted by molar-refractivity contribution is 1.04. The van der Waals surface area contributed by atoms with Crippen molar-refractivity contribution in [1.82, 2.24) is 9.97 Å². The van der Waals surface area contributed by atoms with E-state index in [4.69, 9.17) is 11.6 Å². The molecule has 0 radical (unpaired) electrons. The van der Waals surface area contributed by atoms with Crippen LogP contribution in [0.3, 0.4) is 0 Å². The molecule has 0 aliphatic carbocycles. The molecule has 0 aliphatic rings.